The number of piperazine rings is 1. The minimum atomic E-state index is -3.06. The molecule has 1 atom stereocenters. The Hall–Kier alpha value is -3.54. The predicted molar refractivity (Wildman–Crippen MR) is 157 cm³/mol. The maximum Gasteiger partial charge on any atom is 0.244 e. The van der Waals surface area contributed by atoms with E-state index in [2.05, 4.69) is 26.9 Å². The zero-order chi connectivity index (χ0) is 29.3. The number of carbonyl (C=O) groups excluding carboxylic acids is 1. The molecule has 41 heavy (non-hydrogen) atoms. The highest BCUT2D eigenvalue weighted by Gasteiger charge is 2.30. The van der Waals surface area contributed by atoms with E-state index in [0.29, 0.717) is 62.6 Å². The molecule has 0 spiro atoms. The van der Waals surface area contributed by atoms with Gasteiger partial charge in [-0.1, -0.05) is 6.92 Å². The first kappa shape index (κ1) is 29.0. The fraction of sp³-hybridized carbons (Fsp3) is 0.517. The molecule has 0 bridgehead atoms. The van der Waals surface area contributed by atoms with E-state index >= 15 is 0 Å². The standard InChI is InChI=1S/C29H38FN7O3S/c1-5-24-14-20(2)33-37(24)19-28(38)36-13-12-35(18-21(36)3)27-7-6-23(30)15-26(27)22-16-31-29(32-17-22)34-10-8-25(9-11-34)41(4,39)40/h6-7,14-17,21,25H,5,8-13,18-19H2,1-4H3. The lowest BCUT2D eigenvalue weighted by molar-refractivity contribution is -0.134. The molecule has 2 saturated heterocycles. The van der Waals surface area contributed by atoms with Gasteiger partial charge in [0.15, 0.2) is 0 Å². The van der Waals surface area contributed by atoms with Gasteiger partial charge in [0.1, 0.15) is 22.2 Å². The van der Waals surface area contributed by atoms with Gasteiger partial charge in [0.25, 0.3) is 0 Å². The van der Waals surface area contributed by atoms with Crippen LogP contribution in [0.2, 0.25) is 0 Å². The van der Waals surface area contributed by atoms with Crippen molar-refractivity contribution in [3.8, 4) is 11.1 Å². The van der Waals surface area contributed by atoms with Gasteiger partial charge in [-0.3, -0.25) is 9.48 Å². The van der Waals surface area contributed by atoms with Crippen molar-refractivity contribution in [2.45, 2.75) is 57.9 Å². The summed E-state index contributed by atoms with van der Waals surface area (Å²) in [6, 6.07) is 6.71. The first-order valence-corrected chi connectivity index (χ1v) is 16.1. The number of piperidine rings is 1. The molecule has 2 aliphatic heterocycles. The van der Waals surface area contributed by atoms with Crippen LogP contribution in [0.15, 0.2) is 36.7 Å². The number of benzene rings is 1. The van der Waals surface area contributed by atoms with E-state index < -0.39 is 9.84 Å². The molecule has 1 aromatic carbocycles. The van der Waals surface area contributed by atoms with E-state index in [-0.39, 0.29) is 29.6 Å². The zero-order valence-corrected chi connectivity index (χ0v) is 24.9. The molecule has 0 N–H and O–H groups in total. The Morgan fingerprint density at radius 1 is 1.05 bits per heavy atom. The third-order valence-electron chi connectivity index (χ3n) is 8.16. The number of hydrogen-bond acceptors (Lipinski definition) is 8. The van der Waals surface area contributed by atoms with Crippen LogP contribution in [0.5, 0.6) is 0 Å². The normalized spacial score (nSPS) is 18.7. The maximum absolute atomic E-state index is 14.4. The Morgan fingerprint density at radius 2 is 1.76 bits per heavy atom. The van der Waals surface area contributed by atoms with E-state index in [9.17, 15) is 17.6 Å². The van der Waals surface area contributed by atoms with Crippen molar-refractivity contribution in [1.82, 2.24) is 24.6 Å². The third kappa shape index (κ3) is 6.37. The number of rotatable bonds is 7. The minimum Gasteiger partial charge on any atom is -0.367 e. The number of anilines is 2. The van der Waals surface area contributed by atoms with Gasteiger partial charge >= 0.3 is 0 Å². The Kier molecular flexibility index (Phi) is 8.30. The highest BCUT2D eigenvalue weighted by molar-refractivity contribution is 7.91. The van der Waals surface area contributed by atoms with Crippen LogP contribution in [0, 0.1) is 12.7 Å². The number of aryl methyl sites for hydroxylation is 2. The molecule has 4 heterocycles. The van der Waals surface area contributed by atoms with Crippen LogP contribution in [0.4, 0.5) is 16.0 Å². The summed E-state index contributed by atoms with van der Waals surface area (Å²) in [7, 11) is -3.06. The lowest BCUT2D eigenvalue weighted by atomic mass is 10.0. The summed E-state index contributed by atoms with van der Waals surface area (Å²) < 4.78 is 40.0. The summed E-state index contributed by atoms with van der Waals surface area (Å²) in [6.45, 7) is 9.17. The second kappa shape index (κ2) is 11.8. The van der Waals surface area contributed by atoms with E-state index in [1.807, 2.05) is 29.7 Å². The molecule has 0 aliphatic carbocycles. The van der Waals surface area contributed by atoms with Crippen LogP contribution in [0.1, 0.15) is 38.1 Å². The fourth-order valence-corrected chi connectivity index (χ4v) is 6.98. The first-order chi connectivity index (χ1) is 19.5. The SMILES string of the molecule is CCc1cc(C)nn1CC(=O)N1CCN(c2ccc(F)cc2-c2cnc(N3CCC(S(C)(=O)=O)CC3)nc2)CC1C. The summed E-state index contributed by atoms with van der Waals surface area (Å²) in [5, 5.41) is 4.17. The topological polar surface area (TPSA) is 105 Å². The van der Waals surface area contributed by atoms with Gasteiger partial charge in [-0.2, -0.15) is 5.10 Å². The second-order valence-corrected chi connectivity index (χ2v) is 13.4. The van der Waals surface area contributed by atoms with E-state index in [0.717, 1.165) is 23.5 Å². The van der Waals surface area contributed by atoms with Crippen molar-refractivity contribution < 1.29 is 17.6 Å². The summed E-state index contributed by atoms with van der Waals surface area (Å²) in [5.41, 5.74) is 4.21. The largest absolute Gasteiger partial charge is 0.367 e. The zero-order valence-electron chi connectivity index (χ0n) is 24.1. The quantitative estimate of drug-likeness (QED) is 0.418. The molecule has 0 radical (unpaired) electrons. The highest BCUT2D eigenvalue weighted by Crippen LogP contribution is 2.33. The average molecular weight is 584 g/mol. The van der Waals surface area contributed by atoms with Crippen molar-refractivity contribution in [3.05, 3.63) is 53.9 Å². The predicted octanol–water partition coefficient (Wildman–Crippen LogP) is 3.10. The van der Waals surface area contributed by atoms with Crippen LogP contribution in [0.3, 0.4) is 0 Å². The van der Waals surface area contributed by atoms with Gasteiger partial charge in [0.05, 0.1) is 10.9 Å². The second-order valence-electron chi connectivity index (χ2n) is 11.1. The molecule has 10 nitrogen and oxygen atoms in total. The molecule has 2 aliphatic rings. The monoisotopic (exact) mass is 583 g/mol. The van der Waals surface area contributed by atoms with Crippen molar-refractivity contribution in [3.63, 3.8) is 0 Å². The van der Waals surface area contributed by atoms with Gasteiger partial charge < -0.3 is 14.7 Å². The lowest BCUT2D eigenvalue weighted by Gasteiger charge is -2.41. The van der Waals surface area contributed by atoms with Gasteiger partial charge in [-0.15, -0.1) is 0 Å². The number of nitrogens with zero attached hydrogens (tertiary/aromatic N) is 7. The molecule has 12 heteroatoms. The molecule has 2 fully saturated rings. The maximum atomic E-state index is 14.4. The molecule has 2 aromatic heterocycles. The van der Waals surface area contributed by atoms with Crippen LogP contribution >= 0.6 is 0 Å². The number of sulfone groups is 1. The summed E-state index contributed by atoms with van der Waals surface area (Å²) >= 11 is 0. The van der Waals surface area contributed by atoms with Crippen LogP contribution < -0.4 is 9.80 Å². The van der Waals surface area contributed by atoms with Crippen molar-refractivity contribution in [2.24, 2.45) is 0 Å². The fourth-order valence-electron chi connectivity index (χ4n) is 5.91. The summed E-state index contributed by atoms with van der Waals surface area (Å²) in [5.74, 6) is 0.232. The summed E-state index contributed by atoms with van der Waals surface area (Å²) in [6.07, 6.45) is 6.60. The van der Waals surface area contributed by atoms with Gasteiger partial charge in [-0.25, -0.2) is 22.8 Å². The third-order valence-corrected chi connectivity index (χ3v) is 9.84. The molecule has 1 unspecified atom stereocenters. The van der Waals surface area contributed by atoms with E-state index in [4.69, 9.17) is 0 Å². The van der Waals surface area contributed by atoms with Crippen molar-refractivity contribution >= 4 is 27.4 Å². The Morgan fingerprint density at radius 3 is 2.39 bits per heavy atom. The Bertz CT molecular complexity index is 1500. The molecule has 3 aromatic rings. The number of hydrogen-bond donors (Lipinski definition) is 0. The number of carbonyl (C=O) groups is 1. The Balaban J connectivity index is 1.28. The van der Waals surface area contributed by atoms with Crippen molar-refractivity contribution in [2.75, 3.05) is 48.8 Å². The smallest absolute Gasteiger partial charge is 0.244 e. The first-order valence-electron chi connectivity index (χ1n) is 14.2. The van der Waals surface area contributed by atoms with Crippen LogP contribution in [0.25, 0.3) is 11.1 Å². The molecule has 5 rings (SSSR count). The molecular formula is C29H38FN7O3S. The number of aromatic nitrogens is 4. The van der Waals surface area contributed by atoms with E-state index in [1.165, 1.54) is 18.4 Å². The average Bonchev–Trinajstić information content (AvgIpc) is 3.31. The summed E-state index contributed by atoms with van der Waals surface area (Å²) in [4.78, 5) is 28.4. The van der Waals surface area contributed by atoms with Crippen molar-refractivity contribution in [1.29, 1.82) is 0 Å². The van der Waals surface area contributed by atoms with Gasteiger partial charge in [0, 0.05) is 79.9 Å². The van der Waals surface area contributed by atoms with E-state index in [1.54, 1.807) is 23.1 Å². The van der Waals surface area contributed by atoms with Gasteiger partial charge in [-0.05, 0) is 57.4 Å². The van der Waals surface area contributed by atoms with Crippen LogP contribution in [-0.2, 0) is 27.6 Å². The number of amides is 1. The van der Waals surface area contributed by atoms with Gasteiger partial charge in [0.2, 0.25) is 11.9 Å². The van der Waals surface area contributed by atoms with Crippen LogP contribution in [-0.4, -0.2) is 89.2 Å². The Labute approximate surface area is 241 Å². The lowest BCUT2D eigenvalue weighted by Crippen LogP contribution is -2.55. The molecule has 0 saturated carbocycles. The molecule has 220 valence electrons. The molecular weight excluding hydrogens is 545 g/mol. The minimum absolute atomic E-state index is 0.0376. The molecule has 1 amide bonds. The number of halogens is 1. The highest BCUT2D eigenvalue weighted by atomic mass is 32.2.